The fourth-order valence-corrected chi connectivity index (χ4v) is 2.22. The molecule has 1 aliphatic carbocycles. The lowest BCUT2D eigenvalue weighted by Crippen LogP contribution is -2.31. The molecule has 1 fully saturated rings. The molecule has 3 unspecified atom stereocenters. The van der Waals surface area contributed by atoms with Crippen LogP contribution in [0, 0.1) is 11.3 Å². The number of hydrogen-bond donors (Lipinski definition) is 1. The van der Waals surface area contributed by atoms with E-state index in [1.165, 1.54) is 6.42 Å². The van der Waals surface area contributed by atoms with Gasteiger partial charge in [-0.25, -0.2) is 0 Å². The van der Waals surface area contributed by atoms with Crippen LogP contribution >= 0.6 is 0 Å². The Balaban J connectivity index is 2.62. The number of allylic oxidation sites excluding steroid dienone is 1. The number of rotatable bonds is 1. The second-order valence-corrected chi connectivity index (χ2v) is 4.26. The molecule has 3 atom stereocenters. The topological polar surface area (TPSA) is 20.2 Å². The maximum Gasteiger partial charge on any atom is 0.0551 e. The summed E-state index contributed by atoms with van der Waals surface area (Å²) in [5.74, 6) is 0.641. The van der Waals surface area contributed by atoms with Crippen molar-refractivity contribution in [2.45, 2.75) is 39.2 Å². The molecule has 1 rings (SSSR count). The van der Waals surface area contributed by atoms with Crippen LogP contribution in [0.1, 0.15) is 33.1 Å². The van der Waals surface area contributed by atoms with Crippen LogP contribution < -0.4 is 0 Å². The molecule has 0 amide bonds. The van der Waals surface area contributed by atoms with Gasteiger partial charge < -0.3 is 5.11 Å². The Bertz CT molecular complexity index is 141. The normalized spacial score (nSPS) is 45.4. The number of hydrogen-bond acceptors (Lipinski definition) is 1. The van der Waals surface area contributed by atoms with E-state index in [0.29, 0.717) is 5.92 Å². The van der Waals surface area contributed by atoms with E-state index in [0.717, 1.165) is 12.8 Å². The van der Waals surface area contributed by atoms with Crippen molar-refractivity contribution in [2.75, 3.05) is 0 Å². The lowest BCUT2D eigenvalue weighted by Gasteiger charge is -2.37. The summed E-state index contributed by atoms with van der Waals surface area (Å²) in [5, 5.41) is 9.50. The maximum absolute atomic E-state index is 9.50. The first-order chi connectivity index (χ1) is 5.06. The predicted octanol–water partition coefficient (Wildman–Crippen LogP) is 2.36. The Kier molecular flexibility index (Phi) is 2.38. The van der Waals surface area contributed by atoms with Gasteiger partial charge in [0.15, 0.2) is 0 Å². The zero-order chi connectivity index (χ0) is 8.48. The molecule has 0 aromatic heterocycles. The SMILES string of the molecule is C=CC1(C)CC(C)CC(O)C1. The molecule has 1 nitrogen and oxygen atoms in total. The molecule has 1 saturated carbocycles. The Hall–Kier alpha value is -0.300. The Morgan fingerprint density at radius 1 is 1.55 bits per heavy atom. The van der Waals surface area contributed by atoms with Crippen LogP contribution in [-0.2, 0) is 0 Å². The lowest BCUT2D eigenvalue weighted by atomic mass is 9.70. The van der Waals surface area contributed by atoms with Crippen molar-refractivity contribution < 1.29 is 5.11 Å². The van der Waals surface area contributed by atoms with Crippen LogP contribution in [0.25, 0.3) is 0 Å². The van der Waals surface area contributed by atoms with Crippen LogP contribution in [0.2, 0.25) is 0 Å². The Morgan fingerprint density at radius 3 is 2.64 bits per heavy atom. The third kappa shape index (κ3) is 2.06. The Labute approximate surface area is 69.1 Å². The average Bonchev–Trinajstić information content (AvgIpc) is 1.84. The highest BCUT2D eigenvalue weighted by molar-refractivity contribution is 4.97. The molecule has 0 heterocycles. The highest BCUT2D eigenvalue weighted by atomic mass is 16.3. The van der Waals surface area contributed by atoms with E-state index in [9.17, 15) is 5.11 Å². The highest BCUT2D eigenvalue weighted by Crippen LogP contribution is 2.39. The van der Waals surface area contributed by atoms with Crippen molar-refractivity contribution in [2.24, 2.45) is 11.3 Å². The van der Waals surface area contributed by atoms with Gasteiger partial charge in [-0.15, -0.1) is 6.58 Å². The Morgan fingerprint density at radius 2 is 2.18 bits per heavy atom. The standard InChI is InChI=1S/C10H18O/c1-4-10(3)6-8(2)5-9(11)7-10/h4,8-9,11H,1,5-7H2,2-3H3. The molecule has 1 heteroatoms. The molecule has 0 bridgehead atoms. The summed E-state index contributed by atoms with van der Waals surface area (Å²) in [6, 6.07) is 0. The average molecular weight is 154 g/mol. The first-order valence-corrected chi connectivity index (χ1v) is 4.37. The molecule has 0 radical (unpaired) electrons. The van der Waals surface area contributed by atoms with Crippen LogP contribution in [0.3, 0.4) is 0 Å². The summed E-state index contributed by atoms with van der Waals surface area (Å²) in [6.07, 6.45) is 4.91. The molecule has 0 aromatic carbocycles. The molecule has 0 aromatic rings. The van der Waals surface area contributed by atoms with E-state index in [-0.39, 0.29) is 11.5 Å². The minimum atomic E-state index is -0.109. The van der Waals surface area contributed by atoms with Gasteiger partial charge in [-0.2, -0.15) is 0 Å². The second-order valence-electron chi connectivity index (χ2n) is 4.26. The molecule has 1 N–H and O–H groups in total. The summed E-state index contributed by atoms with van der Waals surface area (Å²) in [6.45, 7) is 8.19. The molecule has 11 heavy (non-hydrogen) atoms. The molecule has 0 spiro atoms. The minimum absolute atomic E-state index is 0.109. The number of aliphatic hydroxyl groups excluding tert-OH is 1. The monoisotopic (exact) mass is 154 g/mol. The molecular formula is C10H18O. The zero-order valence-electron chi connectivity index (χ0n) is 7.51. The van der Waals surface area contributed by atoms with Gasteiger partial charge in [0.1, 0.15) is 0 Å². The lowest BCUT2D eigenvalue weighted by molar-refractivity contribution is 0.0526. The molecular weight excluding hydrogens is 136 g/mol. The third-order valence-electron chi connectivity index (χ3n) is 2.68. The fraction of sp³-hybridized carbons (Fsp3) is 0.800. The predicted molar refractivity (Wildman–Crippen MR) is 47.3 cm³/mol. The van der Waals surface area contributed by atoms with Gasteiger partial charge in [0.05, 0.1) is 6.10 Å². The first kappa shape index (κ1) is 8.79. The second kappa shape index (κ2) is 2.98. The van der Waals surface area contributed by atoms with E-state index in [2.05, 4.69) is 20.4 Å². The van der Waals surface area contributed by atoms with Gasteiger partial charge in [-0.1, -0.05) is 19.9 Å². The molecule has 0 saturated heterocycles. The summed E-state index contributed by atoms with van der Waals surface area (Å²) in [7, 11) is 0. The molecule has 0 aliphatic heterocycles. The smallest absolute Gasteiger partial charge is 0.0551 e. The van der Waals surface area contributed by atoms with Gasteiger partial charge in [-0.05, 0) is 30.6 Å². The van der Waals surface area contributed by atoms with Crippen LogP contribution in [0.5, 0.6) is 0 Å². The van der Waals surface area contributed by atoms with Crippen molar-refractivity contribution >= 4 is 0 Å². The van der Waals surface area contributed by atoms with Gasteiger partial charge in [-0.3, -0.25) is 0 Å². The van der Waals surface area contributed by atoms with Gasteiger partial charge in [0.2, 0.25) is 0 Å². The van der Waals surface area contributed by atoms with E-state index >= 15 is 0 Å². The van der Waals surface area contributed by atoms with E-state index in [4.69, 9.17) is 0 Å². The van der Waals surface area contributed by atoms with E-state index in [1.807, 2.05) is 6.08 Å². The van der Waals surface area contributed by atoms with Gasteiger partial charge in [0.25, 0.3) is 0 Å². The minimum Gasteiger partial charge on any atom is -0.393 e. The van der Waals surface area contributed by atoms with Crippen molar-refractivity contribution in [3.8, 4) is 0 Å². The van der Waals surface area contributed by atoms with Crippen molar-refractivity contribution in [3.05, 3.63) is 12.7 Å². The van der Waals surface area contributed by atoms with Gasteiger partial charge in [0, 0.05) is 0 Å². The zero-order valence-corrected chi connectivity index (χ0v) is 7.51. The number of aliphatic hydroxyl groups is 1. The summed E-state index contributed by atoms with van der Waals surface area (Å²) < 4.78 is 0. The van der Waals surface area contributed by atoms with Crippen molar-refractivity contribution in [1.82, 2.24) is 0 Å². The summed E-state index contributed by atoms with van der Waals surface area (Å²) in [5.41, 5.74) is 0.178. The first-order valence-electron chi connectivity index (χ1n) is 4.37. The molecule has 64 valence electrons. The van der Waals surface area contributed by atoms with Crippen LogP contribution in [-0.4, -0.2) is 11.2 Å². The maximum atomic E-state index is 9.50. The fourth-order valence-electron chi connectivity index (χ4n) is 2.22. The van der Waals surface area contributed by atoms with Crippen molar-refractivity contribution in [1.29, 1.82) is 0 Å². The van der Waals surface area contributed by atoms with E-state index < -0.39 is 0 Å². The summed E-state index contributed by atoms with van der Waals surface area (Å²) >= 11 is 0. The third-order valence-corrected chi connectivity index (χ3v) is 2.68. The quantitative estimate of drug-likeness (QED) is 0.575. The molecule has 1 aliphatic rings. The largest absolute Gasteiger partial charge is 0.393 e. The summed E-state index contributed by atoms with van der Waals surface area (Å²) in [4.78, 5) is 0. The van der Waals surface area contributed by atoms with Crippen molar-refractivity contribution in [3.63, 3.8) is 0 Å². The van der Waals surface area contributed by atoms with E-state index in [1.54, 1.807) is 0 Å². The van der Waals surface area contributed by atoms with Gasteiger partial charge >= 0.3 is 0 Å². The van der Waals surface area contributed by atoms with Crippen LogP contribution in [0.15, 0.2) is 12.7 Å². The highest BCUT2D eigenvalue weighted by Gasteiger charge is 2.32. The van der Waals surface area contributed by atoms with Crippen LogP contribution in [0.4, 0.5) is 0 Å².